The molecule has 0 radical (unpaired) electrons. The first kappa shape index (κ1) is 20.6. The highest BCUT2D eigenvalue weighted by Crippen LogP contribution is 2.19. The van der Waals surface area contributed by atoms with Crippen LogP contribution in [0.15, 0.2) is 47.4 Å². The third-order valence-corrected chi connectivity index (χ3v) is 5.76. The van der Waals surface area contributed by atoms with Crippen LogP contribution in [0.2, 0.25) is 0 Å². The van der Waals surface area contributed by atoms with Crippen LogP contribution in [-0.2, 0) is 26.1 Å². The molecule has 0 saturated heterocycles. The molecule has 0 atom stereocenters. The molecule has 2 aromatic carbocycles. The zero-order chi connectivity index (χ0) is 20.2. The summed E-state index contributed by atoms with van der Waals surface area (Å²) in [6.45, 7) is 1.69. The lowest BCUT2D eigenvalue weighted by Crippen LogP contribution is -2.22. The summed E-state index contributed by atoms with van der Waals surface area (Å²) >= 11 is 0. The topological polar surface area (TPSA) is 90.0 Å². The van der Waals surface area contributed by atoms with E-state index in [9.17, 15) is 18.0 Å². The number of nitrogens with zero attached hydrogens (tertiary/aromatic N) is 1. The van der Waals surface area contributed by atoms with Crippen molar-refractivity contribution >= 4 is 22.0 Å². The van der Waals surface area contributed by atoms with Gasteiger partial charge in [-0.05, 0) is 42.3 Å². The van der Waals surface area contributed by atoms with Gasteiger partial charge in [0.15, 0.2) is 0 Å². The van der Waals surface area contributed by atoms with Crippen LogP contribution in [0.25, 0.3) is 0 Å². The highest BCUT2D eigenvalue weighted by Gasteiger charge is 2.20. The molecule has 144 valence electrons. The second-order valence-corrected chi connectivity index (χ2v) is 8.18. The first-order chi connectivity index (χ1) is 12.7. The molecule has 0 unspecified atom stereocenters. The average molecular weight is 391 g/mol. The van der Waals surface area contributed by atoms with Crippen LogP contribution in [0.5, 0.6) is 0 Å². The number of sulfonamides is 1. The van der Waals surface area contributed by atoms with Crippen LogP contribution in [0.3, 0.4) is 0 Å². The Bertz CT molecular complexity index is 949. The molecule has 2 aromatic rings. The van der Waals surface area contributed by atoms with Gasteiger partial charge in [-0.3, -0.25) is 0 Å². The maximum absolute atomic E-state index is 12.4. The van der Waals surface area contributed by atoms with Crippen molar-refractivity contribution in [3.05, 3.63) is 64.7 Å². The molecular formula is C19H21NO6S. The highest BCUT2D eigenvalue weighted by molar-refractivity contribution is 7.89. The summed E-state index contributed by atoms with van der Waals surface area (Å²) in [4.78, 5) is 23.8. The van der Waals surface area contributed by atoms with E-state index in [1.54, 1.807) is 37.3 Å². The molecule has 0 saturated carbocycles. The summed E-state index contributed by atoms with van der Waals surface area (Å²) in [7, 11) is 0.490. The molecule has 8 heteroatoms. The standard InChI is InChI=1S/C19H21NO6S/c1-13-5-10-16(27(23,24)20(2)3)11-17(13)19(22)26-12-14-6-8-15(9-7-14)18(21)25-4/h5-11H,12H2,1-4H3. The molecule has 0 aliphatic carbocycles. The molecule has 0 N–H and O–H groups in total. The fraction of sp³-hybridized carbons (Fsp3) is 0.263. The number of rotatable bonds is 6. The number of hydrogen-bond acceptors (Lipinski definition) is 6. The summed E-state index contributed by atoms with van der Waals surface area (Å²) < 4.78 is 35.5. The van der Waals surface area contributed by atoms with Crippen LogP contribution in [0.4, 0.5) is 0 Å². The van der Waals surface area contributed by atoms with Gasteiger partial charge in [-0.2, -0.15) is 0 Å². The van der Waals surface area contributed by atoms with Crippen LogP contribution in [-0.4, -0.2) is 45.9 Å². The second kappa shape index (κ2) is 8.32. The highest BCUT2D eigenvalue weighted by atomic mass is 32.2. The zero-order valence-electron chi connectivity index (χ0n) is 15.6. The number of hydrogen-bond donors (Lipinski definition) is 0. The van der Waals surface area contributed by atoms with Crippen molar-refractivity contribution in [2.75, 3.05) is 21.2 Å². The van der Waals surface area contributed by atoms with Crippen molar-refractivity contribution in [2.45, 2.75) is 18.4 Å². The molecule has 0 amide bonds. The molecule has 0 bridgehead atoms. The molecule has 0 heterocycles. The summed E-state index contributed by atoms with van der Waals surface area (Å²) in [6, 6.07) is 10.8. The lowest BCUT2D eigenvalue weighted by atomic mass is 10.1. The summed E-state index contributed by atoms with van der Waals surface area (Å²) in [5.41, 5.74) is 1.87. The molecule has 27 heavy (non-hydrogen) atoms. The van der Waals surface area contributed by atoms with Crippen molar-refractivity contribution in [3.8, 4) is 0 Å². The van der Waals surface area contributed by atoms with E-state index in [-0.39, 0.29) is 17.1 Å². The minimum absolute atomic E-state index is 0.00954. The minimum atomic E-state index is -3.65. The minimum Gasteiger partial charge on any atom is -0.465 e. The summed E-state index contributed by atoms with van der Waals surface area (Å²) in [5, 5.41) is 0. The number of aryl methyl sites for hydroxylation is 1. The largest absolute Gasteiger partial charge is 0.465 e. The number of ether oxygens (including phenoxy) is 2. The van der Waals surface area contributed by atoms with E-state index < -0.39 is 22.0 Å². The Morgan fingerprint density at radius 3 is 2.19 bits per heavy atom. The number of methoxy groups -OCH3 is 1. The molecular weight excluding hydrogens is 370 g/mol. The van der Waals surface area contributed by atoms with Crippen molar-refractivity contribution in [3.63, 3.8) is 0 Å². The maximum Gasteiger partial charge on any atom is 0.338 e. The Balaban J connectivity index is 2.15. The van der Waals surface area contributed by atoms with E-state index in [1.165, 1.54) is 33.3 Å². The van der Waals surface area contributed by atoms with Crippen LogP contribution in [0, 0.1) is 6.92 Å². The second-order valence-electron chi connectivity index (χ2n) is 6.03. The van der Waals surface area contributed by atoms with Gasteiger partial charge in [-0.1, -0.05) is 18.2 Å². The van der Waals surface area contributed by atoms with Crippen molar-refractivity contribution < 1.29 is 27.5 Å². The van der Waals surface area contributed by atoms with Crippen LogP contribution >= 0.6 is 0 Å². The van der Waals surface area contributed by atoms with Crippen molar-refractivity contribution in [1.29, 1.82) is 0 Å². The van der Waals surface area contributed by atoms with Gasteiger partial charge < -0.3 is 9.47 Å². The van der Waals surface area contributed by atoms with Crippen LogP contribution in [0.1, 0.15) is 31.8 Å². The number of benzene rings is 2. The summed E-state index contributed by atoms with van der Waals surface area (Å²) in [5.74, 6) is -1.08. The zero-order valence-corrected chi connectivity index (χ0v) is 16.4. The van der Waals surface area contributed by atoms with E-state index in [4.69, 9.17) is 4.74 Å². The Kier molecular flexibility index (Phi) is 6.35. The Labute approximate surface area is 158 Å². The predicted molar refractivity (Wildman–Crippen MR) is 99.0 cm³/mol. The fourth-order valence-corrected chi connectivity index (χ4v) is 3.20. The van der Waals surface area contributed by atoms with Gasteiger partial charge in [0.2, 0.25) is 10.0 Å². The van der Waals surface area contributed by atoms with Crippen LogP contribution < -0.4 is 0 Å². The predicted octanol–water partition coefficient (Wildman–Crippen LogP) is 2.39. The average Bonchev–Trinajstić information content (AvgIpc) is 2.65. The number of carbonyl (C=O) groups excluding carboxylic acids is 2. The third kappa shape index (κ3) is 4.72. The quantitative estimate of drug-likeness (QED) is 0.703. The van der Waals surface area contributed by atoms with E-state index >= 15 is 0 Å². The van der Waals surface area contributed by atoms with Gasteiger partial charge >= 0.3 is 11.9 Å². The van der Waals surface area contributed by atoms with Gasteiger partial charge in [-0.25, -0.2) is 22.3 Å². The first-order valence-electron chi connectivity index (χ1n) is 8.04. The van der Waals surface area contributed by atoms with Gasteiger partial charge in [0.05, 0.1) is 23.1 Å². The van der Waals surface area contributed by atoms with Gasteiger partial charge in [-0.15, -0.1) is 0 Å². The van der Waals surface area contributed by atoms with E-state index in [1.807, 2.05) is 0 Å². The number of esters is 2. The summed E-state index contributed by atoms with van der Waals surface area (Å²) in [6.07, 6.45) is 0. The van der Waals surface area contributed by atoms with E-state index in [2.05, 4.69) is 4.74 Å². The molecule has 0 aliphatic rings. The fourth-order valence-electron chi connectivity index (χ4n) is 2.27. The van der Waals surface area contributed by atoms with Gasteiger partial charge in [0.25, 0.3) is 0 Å². The smallest absolute Gasteiger partial charge is 0.338 e. The van der Waals surface area contributed by atoms with Gasteiger partial charge in [0.1, 0.15) is 6.61 Å². The molecule has 7 nitrogen and oxygen atoms in total. The molecule has 0 aliphatic heterocycles. The monoisotopic (exact) mass is 391 g/mol. The van der Waals surface area contributed by atoms with Crippen molar-refractivity contribution in [2.24, 2.45) is 0 Å². The lowest BCUT2D eigenvalue weighted by molar-refractivity contribution is 0.0470. The SMILES string of the molecule is COC(=O)c1ccc(COC(=O)c2cc(S(=O)(=O)N(C)C)ccc2C)cc1. The van der Waals surface area contributed by atoms with E-state index in [0.717, 1.165) is 4.31 Å². The Morgan fingerprint density at radius 1 is 1.00 bits per heavy atom. The normalized spacial score (nSPS) is 11.3. The maximum atomic E-state index is 12.4. The first-order valence-corrected chi connectivity index (χ1v) is 9.48. The molecule has 2 rings (SSSR count). The Morgan fingerprint density at radius 2 is 1.63 bits per heavy atom. The van der Waals surface area contributed by atoms with E-state index in [0.29, 0.717) is 16.7 Å². The van der Waals surface area contributed by atoms with Crippen molar-refractivity contribution in [1.82, 2.24) is 4.31 Å². The number of carbonyl (C=O) groups is 2. The molecule has 0 fully saturated rings. The lowest BCUT2D eigenvalue weighted by Gasteiger charge is -2.13. The van der Waals surface area contributed by atoms with Gasteiger partial charge in [0, 0.05) is 14.1 Å². The molecule has 0 spiro atoms. The Hall–Kier alpha value is -2.71. The molecule has 0 aromatic heterocycles. The third-order valence-electron chi connectivity index (χ3n) is 3.95.